The predicted molar refractivity (Wildman–Crippen MR) is 58.5 cm³/mol. The van der Waals surface area contributed by atoms with Gasteiger partial charge in [-0.15, -0.1) is 0 Å². The molecule has 14 heavy (non-hydrogen) atoms. The van der Waals surface area contributed by atoms with E-state index in [0.717, 1.165) is 5.32 Å². The number of hydrogen-bond acceptors (Lipinski definition) is 3. The predicted octanol–water partition coefficient (Wildman–Crippen LogP) is 1.51. The Bertz CT molecular complexity index is 377. The summed E-state index contributed by atoms with van der Waals surface area (Å²) in [6.07, 6.45) is 1.59. The number of hydrogen-bond donors (Lipinski definition) is 0. The monoisotopic (exact) mass is 206 g/mol. The first-order chi connectivity index (χ1) is 6.49. The van der Waals surface area contributed by atoms with Gasteiger partial charge in [-0.05, 0) is 6.07 Å². The zero-order valence-electron chi connectivity index (χ0n) is 8.96. The molecule has 0 unspecified atom stereocenters. The van der Waals surface area contributed by atoms with Crippen molar-refractivity contribution in [3.63, 3.8) is 0 Å². The number of pyridine rings is 1. The molecule has 4 heteroatoms. The van der Waals surface area contributed by atoms with Crippen LogP contribution >= 0.6 is 0 Å². The average Bonchev–Trinajstić information content (AvgIpc) is 2.15. The van der Waals surface area contributed by atoms with Crippen molar-refractivity contribution >= 4 is 13.4 Å². The second-order valence-corrected chi connectivity index (χ2v) is 9.14. The van der Waals surface area contributed by atoms with E-state index in [1.54, 1.807) is 13.3 Å². The Balaban J connectivity index is 3.23. The molecule has 1 heterocycles. The first kappa shape index (κ1) is 10.7. The highest BCUT2D eigenvalue weighted by Crippen LogP contribution is 2.15. The third-order valence-corrected chi connectivity index (χ3v) is 3.79. The Morgan fingerprint density at radius 2 is 2.07 bits per heavy atom. The third-order valence-electron chi connectivity index (χ3n) is 1.97. The van der Waals surface area contributed by atoms with E-state index in [1.165, 1.54) is 0 Å². The molecule has 0 atom stereocenters. The van der Waals surface area contributed by atoms with Crippen LogP contribution in [-0.2, 0) is 0 Å². The molecule has 0 radical (unpaired) electrons. The average molecular weight is 206 g/mol. The van der Waals surface area contributed by atoms with Gasteiger partial charge in [0.25, 0.3) is 0 Å². The van der Waals surface area contributed by atoms with Crippen molar-refractivity contribution in [3.05, 3.63) is 17.8 Å². The van der Waals surface area contributed by atoms with Crippen LogP contribution in [-0.4, -0.2) is 20.2 Å². The highest BCUT2D eigenvalue weighted by molar-refractivity contribution is 6.88. The molecule has 0 N–H and O–H groups in total. The van der Waals surface area contributed by atoms with Gasteiger partial charge in [0.2, 0.25) is 0 Å². The van der Waals surface area contributed by atoms with Gasteiger partial charge in [-0.1, -0.05) is 19.6 Å². The number of nitriles is 1. The van der Waals surface area contributed by atoms with Crippen LogP contribution in [0, 0.1) is 11.3 Å². The molecule has 1 rings (SSSR count). The van der Waals surface area contributed by atoms with Crippen LogP contribution in [0.3, 0.4) is 0 Å². The molecule has 0 bridgehead atoms. The maximum atomic E-state index is 8.78. The van der Waals surface area contributed by atoms with Gasteiger partial charge in [-0.3, -0.25) is 4.98 Å². The Hall–Kier alpha value is -1.34. The quantitative estimate of drug-likeness (QED) is 0.689. The normalized spacial score (nSPS) is 10.8. The highest BCUT2D eigenvalue weighted by Gasteiger charge is 2.19. The van der Waals surface area contributed by atoms with Crippen molar-refractivity contribution in [1.82, 2.24) is 4.98 Å². The lowest BCUT2D eigenvalue weighted by Crippen LogP contribution is -2.39. The number of ether oxygens (including phenoxy) is 1. The fourth-order valence-electron chi connectivity index (χ4n) is 1.10. The molecule has 0 aliphatic heterocycles. The van der Waals surface area contributed by atoms with Crippen LogP contribution in [0.25, 0.3) is 0 Å². The molecule has 0 amide bonds. The van der Waals surface area contributed by atoms with E-state index in [1.807, 2.05) is 6.07 Å². The molecule has 0 aliphatic carbocycles. The van der Waals surface area contributed by atoms with Crippen LogP contribution in [0.5, 0.6) is 5.75 Å². The Labute approximate surface area is 85.4 Å². The Kier molecular flexibility index (Phi) is 2.92. The molecule has 3 nitrogen and oxygen atoms in total. The summed E-state index contributed by atoms with van der Waals surface area (Å²) < 4.78 is 5.13. The van der Waals surface area contributed by atoms with E-state index in [-0.39, 0.29) is 0 Å². The summed E-state index contributed by atoms with van der Waals surface area (Å²) in [5.74, 6) is 0.625. The summed E-state index contributed by atoms with van der Waals surface area (Å²) in [5, 5.41) is 9.85. The Morgan fingerprint density at radius 1 is 1.43 bits per heavy atom. The van der Waals surface area contributed by atoms with Crippen LogP contribution in [0.2, 0.25) is 19.6 Å². The molecular weight excluding hydrogens is 192 g/mol. The minimum atomic E-state index is -1.42. The van der Waals surface area contributed by atoms with Crippen molar-refractivity contribution in [2.45, 2.75) is 19.6 Å². The minimum absolute atomic E-state index is 0.495. The second kappa shape index (κ2) is 3.80. The molecule has 1 aromatic rings. The van der Waals surface area contributed by atoms with Crippen LogP contribution < -0.4 is 10.1 Å². The molecule has 0 spiro atoms. The summed E-state index contributed by atoms with van der Waals surface area (Å²) in [7, 11) is 0.156. The standard InChI is InChI=1S/C10H14N2OSi/c1-13-9-5-10(14(2,3)4)12-7-8(9)6-11/h5,7H,1-4H3. The molecule has 74 valence electrons. The van der Waals surface area contributed by atoms with Crippen molar-refractivity contribution in [2.75, 3.05) is 7.11 Å². The smallest absolute Gasteiger partial charge is 0.139 e. The van der Waals surface area contributed by atoms with Gasteiger partial charge in [0.1, 0.15) is 25.5 Å². The highest BCUT2D eigenvalue weighted by atomic mass is 28.3. The number of nitrogens with zero attached hydrogens (tertiary/aromatic N) is 2. The van der Waals surface area contributed by atoms with E-state index >= 15 is 0 Å². The molecule has 1 aromatic heterocycles. The molecule has 0 aliphatic rings. The topological polar surface area (TPSA) is 45.9 Å². The number of rotatable bonds is 2. The molecule has 0 aromatic carbocycles. The lowest BCUT2D eigenvalue weighted by molar-refractivity contribution is 0.413. The maximum absolute atomic E-state index is 8.78. The van der Waals surface area contributed by atoms with E-state index in [9.17, 15) is 0 Å². The van der Waals surface area contributed by atoms with Crippen molar-refractivity contribution < 1.29 is 4.74 Å². The van der Waals surface area contributed by atoms with E-state index in [2.05, 4.69) is 30.7 Å². The molecule has 0 fully saturated rings. The van der Waals surface area contributed by atoms with Gasteiger partial charge >= 0.3 is 0 Å². The third kappa shape index (κ3) is 2.12. The number of methoxy groups -OCH3 is 1. The summed E-state index contributed by atoms with van der Waals surface area (Å²) in [4.78, 5) is 4.29. The summed E-state index contributed by atoms with van der Waals surface area (Å²) in [6, 6.07) is 3.93. The van der Waals surface area contributed by atoms with Crippen LogP contribution in [0.1, 0.15) is 5.56 Å². The Morgan fingerprint density at radius 3 is 2.50 bits per heavy atom. The van der Waals surface area contributed by atoms with Crippen molar-refractivity contribution in [3.8, 4) is 11.8 Å². The van der Waals surface area contributed by atoms with Crippen molar-refractivity contribution in [1.29, 1.82) is 5.26 Å². The lowest BCUT2D eigenvalue weighted by atomic mass is 10.3. The second-order valence-electron chi connectivity index (χ2n) is 4.13. The first-order valence-electron chi connectivity index (χ1n) is 4.43. The lowest BCUT2D eigenvalue weighted by Gasteiger charge is -2.16. The van der Waals surface area contributed by atoms with E-state index in [4.69, 9.17) is 10.00 Å². The zero-order valence-corrected chi connectivity index (χ0v) is 9.96. The van der Waals surface area contributed by atoms with E-state index in [0.29, 0.717) is 11.3 Å². The van der Waals surface area contributed by atoms with Gasteiger partial charge in [0, 0.05) is 11.5 Å². The summed E-state index contributed by atoms with van der Waals surface area (Å²) >= 11 is 0. The number of aromatic nitrogens is 1. The van der Waals surface area contributed by atoms with Gasteiger partial charge in [0.05, 0.1) is 7.11 Å². The van der Waals surface area contributed by atoms with Crippen molar-refractivity contribution in [2.24, 2.45) is 0 Å². The fourth-order valence-corrected chi connectivity index (χ4v) is 2.12. The van der Waals surface area contributed by atoms with Crippen LogP contribution in [0.15, 0.2) is 12.3 Å². The molecular formula is C10H14N2OSi. The van der Waals surface area contributed by atoms with Crippen LogP contribution in [0.4, 0.5) is 0 Å². The molecule has 0 saturated carbocycles. The molecule has 0 saturated heterocycles. The van der Waals surface area contributed by atoms with Gasteiger partial charge in [-0.25, -0.2) is 0 Å². The largest absolute Gasteiger partial charge is 0.495 e. The summed E-state index contributed by atoms with van der Waals surface area (Å²) in [6.45, 7) is 6.63. The van der Waals surface area contributed by atoms with Gasteiger partial charge in [0.15, 0.2) is 0 Å². The summed E-state index contributed by atoms with van der Waals surface area (Å²) in [5.41, 5.74) is 0.495. The SMILES string of the molecule is COc1cc([Si](C)(C)C)ncc1C#N. The van der Waals surface area contributed by atoms with Gasteiger partial charge < -0.3 is 4.74 Å². The van der Waals surface area contributed by atoms with Gasteiger partial charge in [-0.2, -0.15) is 5.26 Å². The minimum Gasteiger partial charge on any atom is -0.495 e. The van der Waals surface area contributed by atoms with E-state index < -0.39 is 8.07 Å². The fraction of sp³-hybridized carbons (Fsp3) is 0.400. The maximum Gasteiger partial charge on any atom is 0.139 e. The first-order valence-corrected chi connectivity index (χ1v) is 7.93. The zero-order chi connectivity index (χ0) is 10.8.